The van der Waals surface area contributed by atoms with Crippen LogP contribution in [0, 0.1) is 16.7 Å². The van der Waals surface area contributed by atoms with E-state index in [9.17, 15) is 24.0 Å². The van der Waals surface area contributed by atoms with Crippen LogP contribution < -0.4 is 5.32 Å². The third-order valence-corrected chi connectivity index (χ3v) is 10.4. The molecule has 2 aliphatic carbocycles. The Morgan fingerprint density at radius 3 is 2.45 bits per heavy atom. The van der Waals surface area contributed by atoms with Crippen LogP contribution in [0.2, 0.25) is 0 Å². The van der Waals surface area contributed by atoms with Gasteiger partial charge in [-0.15, -0.1) is 0 Å². The Labute approximate surface area is 257 Å². The van der Waals surface area contributed by atoms with Crippen LogP contribution >= 0.6 is 0 Å². The lowest BCUT2D eigenvalue weighted by molar-refractivity contribution is -0.233. The third-order valence-electron chi connectivity index (χ3n) is 10.4. The number of amides is 1. The van der Waals surface area contributed by atoms with Gasteiger partial charge in [-0.25, -0.2) is 14.4 Å². The average molecular weight is 614 g/mol. The van der Waals surface area contributed by atoms with Gasteiger partial charge in [-0.1, -0.05) is 37.6 Å². The maximum absolute atomic E-state index is 13.8. The molecule has 3 aliphatic heterocycles. The Balaban J connectivity index is 1.47. The van der Waals surface area contributed by atoms with Crippen LogP contribution in [0.3, 0.4) is 0 Å². The maximum Gasteiger partial charge on any atom is 0.331 e. The molecule has 8 atom stereocenters. The first-order chi connectivity index (χ1) is 20.9. The van der Waals surface area contributed by atoms with Gasteiger partial charge in [-0.05, 0) is 45.4 Å². The lowest BCUT2D eigenvalue weighted by Crippen LogP contribution is -2.67. The molecule has 0 aromatic heterocycles. The van der Waals surface area contributed by atoms with Gasteiger partial charge in [0.15, 0.2) is 0 Å². The predicted molar refractivity (Wildman–Crippen MR) is 156 cm³/mol. The minimum absolute atomic E-state index is 0.00496. The summed E-state index contributed by atoms with van der Waals surface area (Å²) < 4.78 is 30.3. The molecule has 11 heteroatoms. The van der Waals surface area contributed by atoms with Gasteiger partial charge >= 0.3 is 17.9 Å². The van der Waals surface area contributed by atoms with E-state index >= 15 is 0 Å². The molecule has 3 heterocycles. The van der Waals surface area contributed by atoms with E-state index < -0.39 is 58.5 Å². The summed E-state index contributed by atoms with van der Waals surface area (Å²) >= 11 is 0. The number of hydrogen-bond donors (Lipinski definition) is 1. The molecule has 2 spiro atoms. The van der Waals surface area contributed by atoms with E-state index in [2.05, 4.69) is 18.3 Å². The smallest absolute Gasteiger partial charge is 0.331 e. The van der Waals surface area contributed by atoms with Crippen molar-refractivity contribution < 1.29 is 47.7 Å². The Morgan fingerprint density at radius 1 is 1.02 bits per heavy atom. The number of carbonyl (C=O) groups excluding carboxylic acids is 5. The molecule has 0 aromatic carbocycles. The van der Waals surface area contributed by atoms with E-state index in [1.165, 1.54) is 36.8 Å². The number of allylic oxidation sites excluding steroid dienone is 3. The van der Waals surface area contributed by atoms with Gasteiger partial charge in [0.05, 0.1) is 30.8 Å². The number of epoxide rings is 1. The molecular formula is C33H43NO10. The van der Waals surface area contributed by atoms with E-state index in [1.807, 2.05) is 6.92 Å². The second-order valence-corrected chi connectivity index (χ2v) is 13.1. The van der Waals surface area contributed by atoms with Crippen molar-refractivity contribution in [1.29, 1.82) is 0 Å². The van der Waals surface area contributed by atoms with Gasteiger partial charge in [0, 0.05) is 36.8 Å². The topological polar surface area (TPSA) is 147 Å². The maximum atomic E-state index is 13.8. The molecule has 3 fully saturated rings. The molecule has 0 radical (unpaired) electrons. The first-order valence-corrected chi connectivity index (χ1v) is 15.6. The van der Waals surface area contributed by atoms with Crippen LogP contribution in [0.5, 0.6) is 0 Å². The second kappa shape index (κ2) is 12.6. The van der Waals surface area contributed by atoms with E-state index in [0.717, 1.165) is 6.42 Å². The van der Waals surface area contributed by atoms with E-state index in [4.69, 9.17) is 23.7 Å². The van der Waals surface area contributed by atoms with Gasteiger partial charge in [-0.3, -0.25) is 4.79 Å². The zero-order chi connectivity index (χ0) is 31.7. The van der Waals surface area contributed by atoms with Gasteiger partial charge in [0.2, 0.25) is 5.91 Å². The highest BCUT2D eigenvalue weighted by atomic mass is 16.6. The van der Waals surface area contributed by atoms with Crippen molar-refractivity contribution in [3.63, 3.8) is 0 Å². The van der Waals surface area contributed by atoms with Crippen LogP contribution in [-0.2, 0) is 47.7 Å². The Morgan fingerprint density at radius 2 is 1.75 bits per heavy atom. The Bertz CT molecular complexity index is 1280. The summed E-state index contributed by atoms with van der Waals surface area (Å²) in [5.41, 5.74) is -1.01. The molecule has 2 saturated heterocycles. The molecule has 0 unspecified atom stereocenters. The highest BCUT2D eigenvalue weighted by Gasteiger charge is 2.83. The van der Waals surface area contributed by atoms with Crippen LogP contribution in [0.15, 0.2) is 36.0 Å². The molecule has 1 saturated carbocycles. The second-order valence-electron chi connectivity index (χ2n) is 13.1. The highest BCUT2D eigenvalue weighted by molar-refractivity contribution is 5.86. The summed E-state index contributed by atoms with van der Waals surface area (Å²) in [6.45, 7) is 7.79. The first-order valence-electron chi connectivity index (χ1n) is 15.6. The Hall–Kier alpha value is -3.31. The first kappa shape index (κ1) is 32.1. The van der Waals surface area contributed by atoms with Crippen molar-refractivity contribution in [3.05, 3.63) is 36.0 Å². The number of ether oxygens (including phenoxy) is 5. The summed E-state index contributed by atoms with van der Waals surface area (Å²) in [6.07, 6.45) is 8.94. The fraction of sp³-hybridized carbons (Fsp3) is 0.667. The standard InChI is InChI=1S/C33H43NO10/c1-20-12-14-32-18-41-30(39)29(34-26(36)9-7-8-22(3)35)21(2)13-15-40-27(37)10-5-6-11-28(38)44-23-17-25(43-24(32)16-20)33(19-42-33)31(23,32)4/h5-6,10-11,16,21,23-25,29H,7-9,12-15,17-19H2,1-4H3,(H,34,36)/b10-5+,11-6-/t21-,23-,24-,25-,29-,31-,32-,33+/m1/s1. The van der Waals surface area contributed by atoms with Crippen LogP contribution in [0.25, 0.3) is 0 Å². The molecular weight excluding hydrogens is 570 g/mol. The monoisotopic (exact) mass is 613 g/mol. The number of hydrogen-bond acceptors (Lipinski definition) is 10. The van der Waals surface area contributed by atoms with Crippen molar-refractivity contribution in [3.8, 4) is 0 Å². The van der Waals surface area contributed by atoms with Crippen LogP contribution in [0.4, 0.5) is 0 Å². The summed E-state index contributed by atoms with van der Waals surface area (Å²) in [5, 5.41) is 2.81. The normalized spacial score (nSPS) is 40.2. The molecule has 5 aliphatic rings. The predicted octanol–water partition coefficient (Wildman–Crippen LogP) is 3.05. The van der Waals surface area contributed by atoms with Crippen molar-refractivity contribution in [1.82, 2.24) is 5.32 Å². The Kier molecular flexibility index (Phi) is 9.18. The van der Waals surface area contributed by atoms with Gasteiger partial charge in [0.25, 0.3) is 0 Å². The molecule has 0 aromatic rings. The summed E-state index contributed by atoms with van der Waals surface area (Å²) in [7, 11) is 0. The zero-order valence-corrected chi connectivity index (χ0v) is 25.9. The highest BCUT2D eigenvalue weighted by Crippen LogP contribution is 2.72. The number of rotatable bonds is 5. The number of carbonyl (C=O) groups is 5. The molecule has 240 valence electrons. The number of ketones is 1. The summed E-state index contributed by atoms with van der Waals surface area (Å²) in [6, 6.07) is -1.01. The number of nitrogens with one attached hydrogen (secondary N) is 1. The zero-order valence-electron chi connectivity index (χ0n) is 25.9. The minimum atomic E-state index is -1.01. The van der Waals surface area contributed by atoms with Gasteiger partial charge in [0.1, 0.15) is 30.1 Å². The number of Topliss-reactive ketones (excluding diaryl/α,β-unsaturated/α-hetero) is 1. The molecule has 5 rings (SSSR count). The van der Waals surface area contributed by atoms with Crippen molar-refractivity contribution in [2.45, 2.75) is 103 Å². The number of esters is 3. The van der Waals surface area contributed by atoms with E-state index in [1.54, 1.807) is 6.92 Å². The fourth-order valence-corrected chi connectivity index (χ4v) is 7.61. The quantitative estimate of drug-likeness (QED) is 0.212. The summed E-state index contributed by atoms with van der Waals surface area (Å²) in [5.74, 6) is -2.61. The van der Waals surface area contributed by atoms with Crippen LogP contribution in [0.1, 0.15) is 72.6 Å². The molecule has 44 heavy (non-hydrogen) atoms. The molecule has 11 nitrogen and oxygen atoms in total. The van der Waals surface area contributed by atoms with E-state index in [-0.39, 0.29) is 50.3 Å². The largest absolute Gasteiger partial charge is 0.463 e. The fourth-order valence-electron chi connectivity index (χ4n) is 7.61. The third kappa shape index (κ3) is 5.88. The molecule has 1 amide bonds. The van der Waals surface area contributed by atoms with Gasteiger partial charge in [-0.2, -0.15) is 0 Å². The lowest BCUT2D eigenvalue weighted by Gasteiger charge is -2.58. The number of cyclic esters (lactones) is 2. The van der Waals surface area contributed by atoms with Crippen molar-refractivity contribution in [2.24, 2.45) is 16.7 Å². The van der Waals surface area contributed by atoms with Gasteiger partial charge < -0.3 is 33.8 Å². The minimum Gasteiger partial charge on any atom is -0.463 e. The van der Waals surface area contributed by atoms with Crippen LogP contribution in [-0.4, -0.2) is 79.4 Å². The average Bonchev–Trinajstić information content (AvgIpc) is 3.75. The lowest BCUT2D eigenvalue weighted by atomic mass is 9.51. The van der Waals surface area contributed by atoms with Crippen molar-refractivity contribution in [2.75, 3.05) is 19.8 Å². The summed E-state index contributed by atoms with van der Waals surface area (Å²) in [4.78, 5) is 63.2. The molecule has 2 bridgehead atoms. The SMILES string of the molecule is CC(=O)CCCC(=O)N[C@H]1C(=O)OC[C@]23CCC(C)=C[C@H]2O[C@@H]2C[C@@H](OC(=O)/C=C\C=C\C(=O)OCC[C@H]1C)[C@@]3(C)[C@]21CO1. The van der Waals surface area contributed by atoms with Crippen molar-refractivity contribution >= 4 is 29.6 Å². The van der Waals surface area contributed by atoms with E-state index in [0.29, 0.717) is 25.9 Å². The molecule has 1 N–H and O–H groups in total.